The Kier molecular flexibility index (Phi) is 5.14. The van der Waals surface area contributed by atoms with Gasteiger partial charge in [-0.05, 0) is 24.6 Å². The highest BCUT2D eigenvalue weighted by Gasteiger charge is 2.29. The molecule has 0 aliphatic carbocycles. The van der Waals surface area contributed by atoms with Crippen LogP contribution >= 0.6 is 11.8 Å². The fourth-order valence-electron chi connectivity index (χ4n) is 1.99. The smallest absolute Gasteiger partial charge is 0.0589 e. The summed E-state index contributed by atoms with van der Waals surface area (Å²) in [5.74, 6) is 3.09. The number of thioether (sulfide) groups is 1. The molecule has 0 amide bonds. The summed E-state index contributed by atoms with van der Waals surface area (Å²) in [6.07, 6.45) is 1.25. The van der Waals surface area contributed by atoms with Crippen molar-refractivity contribution in [1.29, 1.82) is 0 Å². The van der Waals surface area contributed by atoms with E-state index in [0.717, 1.165) is 6.54 Å². The standard InChI is InChI=1S/C10H21NOS/c1-3-13-7-6-11-5-4-9(2)10(11)8-12/h9-10,12H,3-8H2,1-2H3. The van der Waals surface area contributed by atoms with Crippen LogP contribution in [-0.2, 0) is 0 Å². The van der Waals surface area contributed by atoms with Gasteiger partial charge in [-0.15, -0.1) is 0 Å². The minimum Gasteiger partial charge on any atom is -0.395 e. The van der Waals surface area contributed by atoms with E-state index in [4.69, 9.17) is 0 Å². The fraction of sp³-hybridized carbons (Fsp3) is 1.00. The van der Waals surface area contributed by atoms with Gasteiger partial charge in [0.1, 0.15) is 0 Å². The van der Waals surface area contributed by atoms with Gasteiger partial charge in [0.15, 0.2) is 0 Å². The molecule has 0 saturated carbocycles. The van der Waals surface area contributed by atoms with Crippen molar-refractivity contribution >= 4 is 11.8 Å². The zero-order valence-corrected chi connectivity index (χ0v) is 9.52. The van der Waals surface area contributed by atoms with Crippen molar-refractivity contribution in [2.24, 2.45) is 5.92 Å². The fourth-order valence-corrected chi connectivity index (χ4v) is 2.64. The van der Waals surface area contributed by atoms with E-state index in [9.17, 15) is 5.11 Å². The second-order valence-corrected chi connectivity index (χ2v) is 5.14. The average Bonchev–Trinajstić information content (AvgIpc) is 2.47. The highest BCUT2D eigenvalue weighted by atomic mass is 32.2. The second-order valence-electron chi connectivity index (χ2n) is 3.75. The maximum atomic E-state index is 9.21. The Morgan fingerprint density at radius 2 is 2.31 bits per heavy atom. The molecule has 78 valence electrons. The summed E-state index contributed by atoms with van der Waals surface area (Å²) < 4.78 is 0. The third kappa shape index (κ3) is 3.15. The SMILES string of the molecule is CCSCCN1CCC(C)C1CO. The van der Waals surface area contributed by atoms with E-state index >= 15 is 0 Å². The molecule has 13 heavy (non-hydrogen) atoms. The van der Waals surface area contributed by atoms with Crippen molar-refractivity contribution in [3.63, 3.8) is 0 Å². The Hall–Kier alpha value is 0.270. The van der Waals surface area contributed by atoms with E-state index in [1.807, 2.05) is 11.8 Å². The first-order chi connectivity index (χ1) is 6.29. The van der Waals surface area contributed by atoms with Crippen LogP contribution in [0.3, 0.4) is 0 Å². The topological polar surface area (TPSA) is 23.5 Å². The molecule has 0 spiro atoms. The molecule has 2 atom stereocenters. The van der Waals surface area contributed by atoms with Crippen LogP contribution < -0.4 is 0 Å². The molecule has 1 N–H and O–H groups in total. The van der Waals surface area contributed by atoms with Crippen LogP contribution in [-0.4, -0.2) is 47.3 Å². The Labute approximate surface area is 85.7 Å². The lowest BCUT2D eigenvalue weighted by Crippen LogP contribution is -2.36. The molecule has 1 rings (SSSR count). The van der Waals surface area contributed by atoms with Gasteiger partial charge in [0.2, 0.25) is 0 Å². The van der Waals surface area contributed by atoms with E-state index in [1.165, 1.54) is 24.5 Å². The number of likely N-dealkylation sites (tertiary alicyclic amines) is 1. The monoisotopic (exact) mass is 203 g/mol. The van der Waals surface area contributed by atoms with Crippen LogP contribution in [0.2, 0.25) is 0 Å². The summed E-state index contributed by atoms with van der Waals surface area (Å²) >= 11 is 1.99. The molecule has 0 radical (unpaired) electrons. The summed E-state index contributed by atoms with van der Waals surface area (Å²) in [7, 11) is 0. The van der Waals surface area contributed by atoms with Crippen molar-refractivity contribution in [3.05, 3.63) is 0 Å². The molecule has 1 saturated heterocycles. The molecule has 0 aromatic rings. The highest BCUT2D eigenvalue weighted by Crippen LogP contribution is 2.23. The first kappa shape index (κ1) is 11.3. The molecule has 0 aromatic carbocycles. The molecular weight excluding hydrogens is 182 g/mol. The maximum absolute atomic E-state index is 9.21. The number of rotatable bonds is 5. The van der Waals surface area contributed by atoms with Gasteiger partial charge < -0.3 is 5.11 Å². The molecule has 2 unspecified atom stereocenters. The van der Waals surface area contributed by atoms with Crippen molar-refractivity contribution in [2.75, 3.05) is 31.2 Å². The predicted molar refractivity (Wildman–Crippen MR) is 59.2 cm³/mol. The first-order valence-corrected chi connectivity index (χ1v) is 6.37. The van der Waals surface area contributed by atoms with Gasteiger partial charge in [0.05, 0.1) is 6.61 Å². The quantitative estimate of drug-likeness (QED) is 0.684. The van der Waals surface area contributed by atoms with Gasteiger partial charge in [-0.25, -0.2) is 0 Å². The van der Waals surface area contributed by atoms with Crippen LogP contribution in [0.5, 0.6) is 0 Å². The predicted octanol–water partition coefficient (Wildman–Crippen LogP) is 1.44. The number of hydrogen-bond acceptors (Lipinski definition) is 3. The molecule has 1 aliphatic rings. The maximum Gasteiger partial charge on any atom is 0.0589 e. The molecule has 1 aliphatic heterocycles. The Morgan fingerprint density at radius 1 is 1.54 bits per heavy atom. The van der Waals surface area contributed by atoms with Gasteiger partial charge in [-0.3, -0.25) is 4.90 Å². The summed E-state index contributed by atoms with van der Waals surface area (Å²) in [5.41, 5.74) is 0. The average molecular weight is 203 g/mol. The van der Waals surface area contributed by atoms with Crippen molar-refractivity contribution in [2.45, 2.75) is 26.3 Å². The van der Waals surface area contributed by atoms with Gasteiger partial charge in [0, 0.05) is 18.3 Å². The van der Waals surface area contributed by atoms with E-state index in [1.54, 1.807) is 0 Å². The van der Waals surface area contributed by atoms with Gasteiger partial charge in [-0.2, -0.15) is 11.8 Å². The summed E-state index contributed by atoms with van der Waals surface area (Å²) in [5, 5.41) is 9.21. The normalized spacial score (nSPS) is 29.8. The molecule has 0 aromatic heterocycles. The van der Waals surface area contributed by atoms with Gasteiger partial charge >= 0.3 is 0 Å². The Balaban J connectivity index is 2.24. The van der Waals surface area contributed by atoms with E-state index in [2.05, 4.69) is 18.7 Å². The van der Waals surface area contributed by atoms with Crippen molar-refractivity contribution in [1.82, 2.24) is 4.90 Å². The zero-order valence-electron chi connectivity index (χ0n) is 8.70. The van der Waals surface area contributed by atoms with Crippen LogP contribution in [0.1, 0.15) is 20.3 Å². The first-order valence-electron chi connectivity index (χ1n) is 5.22. The minimum atomic E-state index is 0.331. The second kappa shape index (κ2) is 5.89. The van der Waals surface area contributed by atoms with E-state index in [-0.39, 0.29) is 0 Å². The lowest BCUT2D eigenvalue weighted by atomic mass is 10.0. The summed E-state index contributed by atoms with van der Waals surface area (Å²) in [6, 6.07) is 0.428. The van der Waals surface area contributed by atoms with Crippen LogP contribution in [0, 0.1) is 5.92 Å². The van der Waals surface area contributed by atoms with Crippen LogP contribution in [0.15, 0.2) is 0 Å². The molecule has 1 fully saturated rings. The molecule has 0 bridgehead atoms. The summed E-state index contributed by atoms with van der Waals surface area (Å²) in [6.45, 7) is 7.09. The minimum absolute atomic E-state index is 0.331. The lowest BCUT2D eigenvalue weighted by Gasteiger charge is -2.24. The van der Waals surface area contributed by atoms with Crippen LogP contribution in [0.4, 0.5) is 0 Å². The number of hydrogen-bond donors (Lipinski definition) is 1. The highest BCUT2D eigenvalue weighted by molar-refractivity contribution is 7.99. The number of nitrogens with zero attached hydrogens (tertiary/aromatic N) is 1. The molecular formula is C10H21NOS. The zero-order chi connectivity index (χ0) is 9.68. The van der Waals surface area contributed by atoms with Crippen molar-refractivity contribution < 1.29 is 5.11 Å². The largest absolute Gasteiger partial charge is 0.395 e. The van der Waals surface area contributed by atoms with Gasteiger partial charge in [0.25, 0.3) is 0 Å². The van der Waals surface area contributed by atoms with E-state index in [0.29, 0.717) is 18.6 Å². The number of aliphatic hydroxyl groups excluding tert-OH is 1. The number of aliphatic hydroxyl groups is 1. The van der Waals surface area contributed by atoms with E-state index < -0.39 is 0 Å². The van der Waals surface area contributed by atoms with Gasteiger partial charge in [-0.1, -0.05) is 13.8 Å². The molecule has 2 nitrogen and oxygen atoms in total. The molecule has 1 heterocycles. The van der Waals surface area contributed by atoms with Crippen molar-refractivity contribution in [3.8, 4) is 0 Å². The molecule has 3 heteroatoms. The third-order valence-electron chi connectivity index (χ3n) is 2.91. The summed E-state index contributed by atoms with van der Waals surface area (Å²) in [4.78, 5) is 2.44. The Morgan fingerprint density at radius 3 is 2.92 bits per heavy atom. The van der Waals surface area contributed by atoms with Crippen LogP contribution in [0.25, 0.3) is 0 Å². The Bertz CT molecular complexity index is 143. The third-order valence-corrected chi connectivity index (χ3v) is 3.79. The lowest BCUT2D eigenvalue weighted by molar-refractivity contribution is 0.145.